The van der Waals surface area contributed by atoms with Crippen LogP contribution in [0.2, 0.25) is 0 Å². The SMILES string of the molecule is CCCCCCC(C)(CCCCC)c1cc(F)n(C)c1OC. The molecule has 0 bridgehead atoms. The lowest BCUT2D eigenvalue weighted by Gasteiger charge is -2.30. The Morgan fingerprint density at radius 1 is 1.05 bits per heavy atom. The Kier molecular flexibility index (Phi) is 7.98. The molecule has 1 aromatic rings. The first-order valence-corrected chi connectivity index (χ1v) is 8.89. The van der Waals surface area contributed by atoms with Crippen LogP contribution in [0.4, 0.5) is 4.39 Å². The molecule has 0 fully saturated rings. The Bertz CT molecular complexity index is 441. The van der Waals surface area contributed by atoms with Gasteiger partial charge in [0, 0.05) is 18.7 Å². The Morgan fingerprint density at radius 2 is 1.59 bits per heavy atom. The molecule has 0 spiro atoms. The maximum absolute atomic E-state index is 14.0. The van der Waals surface area contributed by atoms with Gasteiger partial charge in [-0.25, -0.2) is 0 Å². The number of unbranched alkanes of at least 4 members (excludes halogenated alkanes) is 5. The molecule has 1 atom stereocenters. The molecule has 128 valence electrons. The van der Waals surface area contributed by atoms with Gasteiger partial charge in [0.15, 0.2) is 11.8 Å². The van der Waals surface area contributed by atoms with E-state index in [1.165, 1.54) is 49.5 Å². The van der Waals surface area contributed by atoms with Gasteiger partial charge in [-0.05, 0) is 18.3 Å². The quantitative estimate of drug-likeness (QED) is 0.458. The largest absolute Gasteiger partial charge is 0.482 e. The molecular formula is C19H34FNO. The highest BCUT2D eigenvalue weighted by Gasteiger charge is 2.32. The minimum absolute atomic E-state index is 0.0103. The summed E-state index contributed by atoms with van der Waals surface area (Å²) in [5.74, 6) is 0.481. The first kappa shape index (κ1) is 19.1. The predicted octanol–water partition coefficient (Wildman–Crippen LogP) is 5.98. The minimum atomic E-state index is -0.206. The number of hydrogen-bond donors (Lipinski definition) is 0. The molecule has 0 amide bonds. The van der Waals surface area contributed by atoms with Crippen LogP contribution in [0.15, 0.2) is 6.07 Å². The lowest BCUT2D eigenvalue weighted by atomic mass is 9.75. The molecule has 1 rings (SSSR count). The molecule has 0 aromatic carbocycles. The third kappa shape index (κ3) is 4.76. The summed E-state index contributed by atoms with van der Waals surface area (Å²) in [4.78, 5) is 0. The number of ether oxygens (including phenoxy) is 1. The number of halogens is 1. The van der Waals surface area contributed by atoms with Crippen LogP contribution >= 0.6 is 0 Å². The van der Waals surface area contributed by atoms with E-state index >= 15 is 0 Å². The molecular weight excluding hydrogens is 277 g/mol. The number of rotatable bonds is 11. The molecule has 0 saturated carbocycles. The summed E-state index contributed by atoms with van der Waals surface area (Å²) in [5, 5.41) is 0. The zero-order valence-electron chi connectivity index (χ0n) is 15.2. The highest BCUT2D eigenvalue weighted by atomic mass is 19.1. The molecule has 0 saturated heterocycles. The number of nitrogens with zero attached hydrogens (tertiary/aromatic N) is 1. The maximum Gasteiger partial charge on any atom is 0.199 e. The monoisotopic (exact) mass is 311 g/mol. The molecule has 0 radical (unpaired) electrons. The molecule has 1 aromatic heterocycles. The van der Waals surface area contributed by atoms with E-state index in [2.05, 4.69) is 20.8 Å². The van der Waals surface area contributed by atoms with Crippen molar-refractivity contribution >= 4 is 0 Å². The fraction of sp³-hybridized carbons (Fsp3) is 0.789. The van der Waals surface area contributed by atoms with E-state index in [1.807, 2.05) is 0 Å². The van der Waals surface area contributed by atoms with E-state index in [-0.39, 0.29) is 11.4 Å². The Balaban J connectivity index is 2.95. The molecule has 2 nitrogen and oxygen atoms in total. The number of aromatic nitrogens is 1. The van der Waals surface area contributed by atoms with Crippen molar-refractivity contribution in [3.05, 3.63) is 17.6 Å². The van der Waals surface area contributed by atoms with E-state index in [9.17, 15) is 4.39 Å². The molecule has 0 aliphatic carbocycles. The van der Waals surface area contributed by atoms with Crippen molar-refractivity contribution < 1.29 is 9.13 Å². The van der Waals surface area contributed by atoms with E-state index in [1.54, 1.807) is 20.2 Å². The van der Waals surface area contributed by atoms with Crippen LogP contribution in [-0.2, 0) is 12.5 Å². The summed E-state index contributed by atoms with van der Waals surface area (Å²) < 4.78 is 21.1. The van der Waals surface area contributed by atoms with Gasteiger partial charge < -0.3 is 4.74 Å². The van der Waals surface area contributed by atoms with E-state index in [0.717, 1.165) is 18.4 Å². The van der Waals surface area contributed by atoms with Gasteiger partial charge in [-0.1, -0.05) is 65.7 Å². The van der Waals surface area contributed by atoms with E-state index in [0.29, 0.717) is 5.88 Å². The Hall–Kier alpha value is -0.990. The average molecular weight is 311 g/mol. The third-order valence-corrected chi connectivity index (χ3v) is 4.88. The summed E-state index contributed by atoms with van der Waals surface area (Å²) >= 11 is 0. The van der Waals surface area contributed by atoms with Crippen molar-refractivity contribution in [3.8, 4) is 5.88 Å². The molecule has 1 unspecified atom stereocenters. The molecule has 0 aliphatic rings. The second kappa shape index (κ2) is 9.22. The molecule has 3 heteroatoms. The molecule has 22 heavy (non-hydrogen) atoms. The Labute approximate surface area is 136 Å². The molecule has 0 N–H and O–H groups in total. The van der Waals surface area contributed by atoms with Gasteiger partial charge in [0.25, 0.3) is 0 Å². The normalized spacial score (nSPS) is 14.1. The van der Waals surface area contributed by atoms with E-state index < -0.39 is 0 Å². The highest BCUT2D eigenvalue weighted by molar-refractivity contribution is 5.36. The highest BCUT2D eigenvalue weighted by Crippen LogP contribution is 2.41. The van der Waals surface area contributed by atoms with Crippen molar-refractivity contribution in [2.45, 2.75) is 84.0 Å². The van der Waals surface area contributed by atoms with Gasteiger partial charge in [-0.2, -0.15) is 4.39 Å². The van der Waals surface area contributed by atoms with Crippen molar-refractivity contribution in [2.75, 3.05) is 7.11 Å². The van der Waals surface area contributed by atoms with Gasteiger partial charge in [-0.3, -0.25) is 4.57 Å². The van der Waals surface area contributed by atoms with Crippen molar-refractivity contribution in [3.63, 3.8) is 0 Å². The summed E-state index contributed by atoms with van der Waals surface area (Å²) in [6.45, 7) is 6.74. The van der Waals surface area contributed by atoms with Gasteiger partial charge in [-0.15, -0.1) is 0 Å². The van der Waals surface area contributed by atoms with Gasteiger partial charge in [0.2, 0.25) is 0 Å². The molecule has 0 aliphatic heterocycles. The summed E-state index contributed by atoms with van der Waals surface area (Å²) in [6.07, 6.45) is 10.9. The zero-order valence-corrected chi connectivity index (χ0v) is 15.2. The smallest absolute Gasteiger partial charge is 0.199 e. The average Bonchev–Trinajstić information content (AvgIpc) is 2.80. The zero-order chi connectivity index (χ0) is 16.6. The lowest BCUT2D eigenvalue weighted by Crippen LogP contribution is -2.22. The van der Waals surface area contributed by atoms with Crippen LogP contribution in [0.3, 0.4) is 0 Å². The van der Waals surface area contributed by atoms with Crippen molar-refractivity contribution in [2.24, 2.45) is 7.05 Å². The van der Waals surface area contributed by atoms with Crippen LogP contribution in [0, 0.1) is 5.95 Å². The van der Waals surface area contributed by atoms with E-state index in [4.69, 9.17) is 4.74 Å². The van der Waals surface area contributed by atoms with Crippen LogP contribution in [0.5, 0.6) is 5.88 Å². The summed E-state index contributed by atoms with van der Waals surface area (Å²) in [5.41, 5.74) is 1.05. The summed E-state index contributed by atoms with van der Waals surface area (Å²) in [7, 11) is 3.38. The van der Waals surface area contributed by atoms with Gasteiger partial charge >= 0.3 is 0 Å². The first-order valence-electron chi connectivity index (χ1n) is 8.89. The lowest BCUT2D eigenvalue weighted by molar-refractivity contribution is 0.325. The maximum atomic E-state index is 14.0. The van der Waals surface area contributed by atoms with Crippen molar-refractivity contribution in [1.29, 1.82) is 0 Å². The fourth-order valence-electron chi connectivity index (χ4n) is 3.34. The van der Waals surface area contributed by atoms with Crippen LogP contribution < -0.4 is 4.74 Å². The predicted molar refractivity (Wildman–Crippen MR) is 92.2 cm³/mol. The topological polar surface area (TPSA) is 14.2 Å². The number of hydrogen-bond acceptors (Lipinski definition) is 1. The van der Waals surface area contributed by atoms with Crippen LogP contribution in [-0.4, -0.2) is 11.7 Å². The van der Waals surface area contributed by atoms with Gasteiger partial charge in [0.1, 0.15) is 0 Å². The van der Waals surface area contributed by atoms with Crippen LogP contribution in [0.25, 0.3) is 0 Å². The minimum Gasteiger partial charge on any atom is -0.482 e. The standard InChI is InChI=1S/C19H34FNO/c1-6-8-10-12-14-19(3,13-11-9-7-2)16-15-17(20)21(4)18(16)22-5/h15H,6-14H2,1-5H3. The molecule has 1 heterocycles. The second-order valence-corrected chi connectivity index (χ2v) is 6.78. The summed E-state index contributed by atoms with van der Waals surface area (Å²) in [6, 6.07) is 1.69. The second-order valence-electron chi connectivity index (χ2n) is 6.78. The third-order valence-electron chi connectivity index (χ3n) is 4.88. The fourth-order valence-corrected chi connectivity index (χ4v) is 3.34. The first-order chi connectivity index (χ1) is 10.5. The Morgan fingerprint density at radius 3 is 2.14 bits per heavy atom. The van der Waals surface area contributed by atoms with Crippen molar-refractivity contribution in [1.82, 2.24) is 4.57 Å². The van der Waals surface area contributed by atoms with Gasteiger partial charge in [0.05, 0.1) is 7.11 Å². The number of methoxy groups -OCH3 is 1. The van der Waals surface area contributed by atoms with Crippen LogP contribution in [0.1, 0.15) is 84.1 Å².